The molecule has 2 atom stereocenters. The predicted molar refractivity (Wildman–Crippen MR) is 127 cm³/mol. The van der Waals surface area contributed by atoms with Gasteiger partial charge in [-0.25, -0.2) is 18.4 Å². The second-order valence-electron chi connectivity index (χ2n) is 8.81. The fourth-order valence-electron chi connectivity index (χ4n) is 4.80. The number of hydrogen-bond acceptors (Lipinski definition) is 6. The molecule has 1 aliphatic carbocycles. The average molecular weight is 464 g/mol. The molecule has 0 saturated heterocycles. The van der Waals surface area contributed by atoms with E-state index in [4.69, 9.17) is 0 Å². The largest absolute Gasteiger partial charge is 0.391 e. The molecule has 0 spiro atoms. The number of rotatable bonds is 4. The van der Waals surface area contributed by atoms with Crippen molar-refractivity contribution in [3.8, 4) is 0 Å². The van der Waals surface area contributed by atoms with E-state index in [1.807, 2.05) is 30.3 Å². The summed E-state index contributed by atoms with van der Waals surface area (Å²) in [4.78, 5) is 22.2. The van der Waals surface area contributed by atoms with Gasteiger partial charge in [-0.15, -0.1) is 0 Å². The summed E-state index contributed by atoms with van der Waals surface area (Å²) < 4.78 is 25.0. The maximum absolute atomic E-state index is 13.5. The fourth-order valence-corrected chi connectivity index (χ4v) is 5.36. The molecule has 8 heteroatoms. The summed E-state index contributed by atoms with van der Waals surface area (Å²) in [6.45, 7) is 0. The molecule has 0 bridgehead atoms. The van der Waals surface area contributed by atoms with Crippen LogP contribution in [-0.4, -0.2) is 40.4 Å². The van der Waals surface area contributed by atoms with Crippen molar-refractivity contribution < 1.29 is 13.5 Å². The van der Waals surface area contributed by atoms with E-state index >= 15 is 0 Å². The van der Waals surface area contributed by atoms with E-state index in [-0.39, 0.29) is 16.6 Å². The second kappa shape index (κ2) is 8.35. The first-order chi connectivity index (χ1) is 15.8. The van der Waals surface area contributed by atoms with Gasteiger partial charge in [0.25, 0.3) is 5.56 Å². The molecule has 1 N–H and O–H groups in total. The van der Waals surface area contributed by atoms with E-state index in [2.05, 4.69) is 9.97 Å². The maximum Gasteiger partial charge on any atom is 0.261 e. The van der Waals surface area contributed by atoms with Crippen LogP contribution < -0.4 is 5.56 Å². The Morgan fingerprint density at radius 3 is 2.48 bits per heavy atom. The summed E-state index contributed by atoms with van der Waals surface area (Å²) >= 11 is 0. The molecule has 33 heavy (non-hydrogen) atoms. The van der Waals surface area contributed by atoms with E-state index in [0.29, 0.717) is 23.7 Å². The van der Waals surface area contributed by atoms with E-state index in [9.17, 15) is 18.3 Å². The Balaban J connectivity index is 1.64. The SMILES string of the molecule is CS(=O)(=O)c1ccc(Cc2cc3c(=O)n([C@@H]4CCCC[C@H]4O)cnc3c3ccccc23)cn1. The highest BCUT2D eigenvalue weighted by Crippen LogP contribution is 2.30. The Morgan fingerprint density at radius 1 is 1.03 bits per heavy atom. The Morgan fingerprint density at radius 2 is 1.79 bits per heavy atom. The van der Waals surface area contributed by atoms with Crippen LogP contribution in [0.5, 0.6) is 0 Å². The van der Waals surface area contributed by atoms with Crippen LogP contribution in [0.15, 0.2) is 64.8 Å². The number of benzene rings is 2. The lowest BCUT2D eigenvalue weighted by Gasteiger charge is -2.29. The van der Waals surface area contributed by atoms with Crippen LogP contribution >= 0.6 is 0 Å². The molecule has 5 rings (SSSR count). The molecule has 170 valence electrons. The van der Waals surface area contributed by atoms with Crippen molar-refractivity contribution in [2.75, 3.05) is 6.26 Å². The first-order valence-electron chi connectivity index (χ1n) is 11.1. The first kappa shape index (κ1) is 21.7. The highest BCUT2D eigenvalue weighted by molar-refractivity contribution is 7.90. The summed E-state index contributed by atoms with van der Waals surface area (Å²) in [6.07, 6.45) is 7.61. The summed E-state index contributed by atoms with van der Waals surface area (Å²) in [6, 6.07) is 12.7. The summed E-state index contributed by atoms with van der Waals surface area (Å²) in [5.41, 5.74) is 2.28. The smallest absolute Gasteiger partial charge is 0.261 e. The number of aliphatic hydroxyl groups excluding tert-OH is 1. The minimum atomic E-state index is -3.37. The van der Waals surface area contributed by atoms with Crippen molar-refractivity contribution in [3.05, 3.63) is 76.5 Å². The molecule has 2 aromatic carbocycles. The minimum Gasteiger partial charge on any atom is -0.391 e. The summed E-state index contributed by atoms with van der Waals surface area (Å²) in [5, 5.41) is 12.9. The molecule has 1 saturated carbocycles. The van der Waals surface area contributed by atoms with Gasteiger partial charge in [0.2, 0.25) is 0 Å². The van der Waals surface area contributed by atoms with Gasteiger partial charge in [-0.05, 0) is 47.9 Å². The van der Waals surface area contributed by atoms with Crippen LogP contribution in [0.25, 0.3) is 21.7 Å². The maximum atomic E-state index is 13.5. The van der Waals surface area contributed by atoms with Gasteiger partial charge in [-0.3, -0.25) is 9.36 Å². The van der Waals surface area contributed by atoms with Gasteiger partial charge in [0.1, 0.15) is 0 Å². The Hall–Kier alpha value is -3.10. The summed E-state index contributed by atoms with van der Waals surface area (Å²) in [5.74, 6) is 0. The Labute approximate surface area is 191 Å². The van der Waals surface area contributed by atoms with Gasteiger partial charge >= 0.3 is 0 Å². The molecule has 0 amide bonds. The van der Waals surface area contributed by atoms with Gasteiger partial charge in [0, 0.05) is 17.8 Å². The van der Waals surface area contributed by atoms with Crippen LogP contribution in [0.4, 0.5) is 0 Å². The van der Waals surface area contributed by atoms with Crippen LogP contribution in [0.2, 0.25) is 0 Å². The zero-order valence-electron chi connectivity index (χ0n) is 18.3. The van der Waals surface area contributed by atoms with Crippen LogP contribution in [0, 0.1) is 0 Å². The second-order valence-corrected chi connectivity index (χ2v) is 10.8. The quantitative estimate of drug-likeness (QED) is 0.465. The standard InChI is InChI=1S/C25H25N3O4S/c1-33(31,32)23-11-10-16(14-26-23)12-17-13-20-24(19-7-3-2-6-18(17)19)27-15-28(25(20)30)21-8-4-5-9-22(21)29/h2-3,6-7,10-11,13-15,21-22,29H,4-5,8-9,12H2,1H3/t21-,22-/m1/s1. The molecule has 1 aliphatic rings. The summed E-state index contributed by atoms with van der Waals surface area (Å²) in [7, 11) is -3.37. The van der Waals surface area contributed by atoms with Crippen molar-refractivity contribution in [3.63, 3.8) is 0 Å². The Bertz CT molecular complexity index is 1510. The average Bonchev–Trinajstić information content (AvgIpc) is 2.80. The van der Waals surface area contributed by atoms with Crippen LogP contribution in [0.3, 0.4) is 0 Å². The highest BCUT2D eigenvalue weighted by Gasteiger charge is 2.26. The molecule has 0 aliphatic heterocycles. The number of hydrogen-bond donors (Lipinski definition) is 1. The lowest BCUT2D eigenvalue weighted by atomic mass is 9.92. The normalized spacial score (nSPS) is 19.2. The first-order valence-corrected chi connectivity index (χ1v) is 13.0. The van der Waals surface area contributed by atoms with E-state index < -0.39 is 15.9 Å². The minimum absolute atomic E-state index is 0.0349. The number of aliphatic hydroxyl groups is 1. The molecule has 7 nitrogen and oxygen atoms in total. The zero-order chi connectivity index (χ0) is 23.2. The number of aromatic nitrogens is 3. The van der Waals surface area contributed by atoms with Crippen LogP contribution in [0.1, 0.15) is 42.9 Å². The number of nitrogens with zero attached hydrogens (tertiary/aromatic N) is 3. The molecule has 4 aromatic rings. The van der Waals surface area contributed by atoms with E-state index in [1.165, 1.54) is 6.07 Å². The van der Waals surface area contributed by atoms with E-state index in [0.717, 1.165) is 47.4 Å². The van der Waals surface area contributed by atoms with Gasteiger partial charge in [0.15, 0.2) is 14.9 Å². The van der Waals surface area contributed by atoms with E-state index in [1.54, 1.807) is 23.2 Å². The molecule has 0 unspecified atom stereocenters. The van der Waals surface area contributed by atoms with Crippen LogP contribution in [-0.2, 0) is 16.3 Å². The predicted octanol–water partition coefficient (Wildman–Crippen LogP) is 3.42. The van der Waals surface area contributed by atoms with Gasteiger partial charge in [-0.2, -0.15) is 0 Å². The molecular formula is C25H25N3O4S. The molecule has 0 radical (unpaired) electrons. The van der Waals surface area contributed by atoms with Crippen molar-refractivity contribution in [1.29, 1.82) is 0 Å². The monoisotopic (exact) mass is 463 g/mol. The fraction of sp³-hybridized carbons (Fsp3) is 0.320. The third-order valence-electron chi connectivity index (χ3n) is 6.50. The van der Waals surface area contributed by atoms with Gasteiger partial charge in [0.05, 0.1) is 29.4 Å². The van der Waals surface area contributed by atoms with Gasteiger partial charge in [-0.1, -0.05) is 43.2 Å². The lowest BCUT2D eigenvalue weighted by molar-refractivity contribution is 0.0735. The molecular weight excluding hydrogens is 438 g/mol. The number of sulfone groups is 1. The van der Waals surface area contributed by atoms with Gasteiger partial charge < -0.3 is 5.11 Å². The highest BCUT2D eigenvalue weighted by atomic mass is 32.2. The van der Waals surface area contributed by atoms with Crippen molar-refractivity contribution in [2.24, 2.45) is 0 Å². The van der Waals surface area contributed by atoms with Crippen molar-refractivity contribution >= 4 is 31.5 Å². The third kappa shape index (κ3) is 4.05. The molecule has 2 aromatic heterocycles. The van der Waals surface area contributed by atoms with Crippen molar-refractivity contribution in [2.45, 2.75) is 49.3 Å². The Kier molecular flexibility index (Phi) is 5.50. The topological polar surface area (TPSA) is 102 Å². The molecule has 1 fully saturated rings. The number of fused-ring (bicyclic) bond motifs is 3. The number of pyridine rings is 1. The zero-order valence-corrected chi connectivity index (χ0v) is 19.1. The lowest BCUT2D eigenvalue weighted by Crippen LogP contribution is -2.34. The molecule has 2 heterocycles. The van der Waals surface area contributed by atoms with Crippen molar-refractivity contribution in [1.82, 2.24) is 14.5 Å². The third-order valence-corrected chi connectivity index (χ3v) is 7.50.